The van der Waals surface area contributed by atoms with Crippen molar-refractivity contribution in [3.63, 3.8) is 0 Å². The fourth-order valence-corrected chi connectivity index (χ4v) is 7.05. The zero-order valence-corrected chi connectivity index (χ0v) is 18.1. The number of fused-ring (bicyclic) bond motifs is 1. The van der Waals surface area contributed by atoms with Crippen molar-refractivity contribution in [2.45, 2.75) is 69.6 Å². The van der Waals surface area contributed by atoms with Gasteiger partial charge in [-0.1, -0.05) is 43.5 Å². The van der Waals surface area contributed by atoms with E-state index in [0.29, 0.717) is 19.4 Å². The second-order valence-corrected chi connectivity index (χ2v) is 11.2. The molecule has 0 spiro atoms. The fourth-order valence-electron chi connectivity index (χ4n) is 5.34. The Labute approximate surface area is 178 Å². The lowest BCUT2D eigenvalue weighted by Gasteiger charge is -2.41. The van der Waals surface area contributed by atoms with Crippen molar-refractivity contribution >= 4 is 21.7 Å². The quantitative estimate of drug-likeness (QED) is 0.753. The van der Waals surface area contributed by atoms with Gasteiger partial charge in [-0.15, -0.1) is 0 Å². The smallest absolute Gasteiger partial charge is 0.237 e. The first-order chi connectivity index (χ1) is 14.3. The Bertz CT molecular complexity index is 911. The zero-order chi connectivity index (χ0) is 21.3. The molecule has 2 heterocycles. The van der Waals surface area contributed by atoms with Gasteiger partial charge < -0.3 is 10.6 Å². The van der Waals surface area contributed by atoms with E-state index < -0.39 is 21.8 Å². The molecule has 1 saturated carbocycles. The lowest BCUT2D eigenvalue weighted by atomic mass is 9.92. The zero-order valence-electron chi connectivity index (χ0n) is 17.3. The molecule has 2 atom stereocenters. The summed E-state index contributed by atoms with van der Waals surface area (Å²) >= 11 is 0. The number of carbonyl (C=O) groups excluding carboxylic acids is 2. The molecule has 4 rings (SSSR count). The highest BCUT2D eigenvalue weighted by atomic mass is 32.2. The molecule has 7 nitrogen and oxygen atoms in total. The van der Waals surface area contributed by atoms with E-state index in [2.05, 4.69) is 0 Å². The number of nitrogens with zero attached hydrogens (tertiary/aromatic N) is 2. The Kier molecular flexibility index (Phi) is 6.16. The number of hydrogen-bond donors (Lipinski definition) is 1. The first-order valence-electron chi connectivity index (χ1n) is 11.0. The summed E-state index contributed by atoms with van der Waals surface area (Å²) in [6, 6.07) is 7.24. The van der Waals surface area contributed by atoms with Gasteiger partial charge in [0.2, 0.25) is 11.8 Å². The number of benzene rings is 1. The average molecular weight is 434 g/mol. The van der Waals surface area contributed by atoms with Gasteiger partial charge in [-0.3, -0.25) is 14.5 Å². The summed E-state index contributed by atoms with van der Waals surface area (Å²) in [6.45, 7) is 0.589. The van der Waals surface area contributed by atoms with Crippen LogP contribution in [0.4, 0.5) is 0 Å². The lowest BCUT2D eigenvalue weighted by Crippen LogP contribution is -2.56. The van der Waals surface area contributed by atoms with Gasteiger partial charge in [-0.25, -0.2) is 8.42 Å². The molecule has 0 bridgehead atoms. The van der Waals surface area contributed by atoms with E-state index in [0.717, 1.165) is 43.2 Å². The molecule has 0 aromatic heterocycles. The van der Waals surface area contributed by atoms with Crippen molar-refractivity contribution in [3.8, 4) is 0 Å². The molecule has 1 saturated heterocycles. The van der Waals surface area contributed by atoms with Crippen LogP contribution in [0.1, 0.15) is 49.7 Å². The van der Waals surface area contributed by atoms with Crippen molar-refractivity contribution < 1.29 is 18.0 Å². The molecule has 2 amide bonds. The maximum Gasteiger partial charge on any atom is 0.237 e. The Balaban J connectivity index is 1.55. The van der Waals surface area contributed by atoms with E-state index in [1.807, 2.05) is 34.1 Å². The maximum atomic E-state index is 13.5. The number of primary amides is 1. The molecule has 2 fully saturated rings. The molecular formula is C22H31N3O4S. The predicted molar refractivity (Wildman–Crippen MR) is 114 cm³/mol. The van der Waals surface area contributed by atoms with Crippen molar-refractivity contribution in [1.82, 2.24) is 9.80 Å². The number of hydrogen-bond acceptors (Lipinski definition) is 5. The minimum Gasteiger partial charge on any atom is -0.368 e. The van der Waals surface area contributed by atoms with Crippen LogP contribution in [-0.2, 0) is 32.4 Å². The second-order valence-electron chi connectivity index (χ2n) is 8.95. The van der Waals surface area contributed by atoms with Crippen LogP contribution in [0.5, 0.6) is 0 Å². The monoisotopic (exact) mass is 433 g/mol. The van der Waals surface area contributed by atoms with Gasteiger partial charge >= 0.3 is 0 Å². The van der Waals surface area contributed by atoms with Crippen LogP contribution in [0.3, 0.4) is 0 Å². The van der Waals surface area contributed by atoms with E-state index >= 15 is 0 Å². The minimum absolute atomic E-state index is 0.0529. The number of carbonyl (C=O) groups is 2. The van der Waals surface area contributed by atoms with E-state index in [9.17, 15) is 18.0 Å². The van der Waals surface area contributed by atoms with Crippen LogP contribution < -0.4 is 5.73 Å². The lowest BCUT2D eigenvalue weighted by molar-refractivity contribution is -0.139. The van der Waals surface area contributed by atoms with Crippen molar-refractivity contribution in [3.05, 3.63) is 35.4 Å². The first kappa shape index (κ1) is 21.3. The summed E-state index contributed by atoms with van der Waals surface area (Å²) in [5.41, 5.74) is 7.88. The Morgan fingerprint density at radius 3 is 2.37 bits per heavy atom. The Hall–Kier alpha value is -1.93. The average Bonchev–Trinajstić information content (AvgIpc) is 3.07. The van der Waals surface area contributed by atoms with Crippen LogP contribution in [-0.4, -0.2) is 66.2 Å². The minimum atomic E-state index is -3.09. The van der Waals surface area contributed by atoms with Crippen molar-refractivity contribution in [2.24, 2.45) is 5.73 Å². The number of rotatable bonds is 5. The summed E-state index contributed by atoms with van der Waals surface area (Å²) in [5.74, 6) is -0.299. The summed E-state index contributed by atoms with van der Waals surface area (Å²) in [4.78, 5) is 29.4. The topological polar surface area (TPSA) is 101 Å². The van der Waals surface area contributed by atoms with Crippen LogP contribution in [0.15, 0.2) is 24.3 Å². The normalized spacial score (nSPS) is 26.8. The molecular weight excluding hydrogens is 402 g/mol. The summed E-state index contributed by atoms with van der Waals surface area (Å²) in [5, 5.41) is 0. The third-order valence-electron chi connectivity index (χ3n) is 6.87. The van der Waals surface area contributed by atoms with E-state index in [1.165, 1.54) is 0 Å². The SMILES string of the molecule is NC(=O)[C@@H]1Cc2ccccc2CN1CC(=O)N(C1CCCCC1)[C@@H]1CCS(=O)(=O)C1. The molecule has 2 N–H and O–H groups in total. The van der Waals surface area contributed by atoms with Crippen LogP contribution in [0, 0.1) is 0 Å². The summed E-state index contributed by atoms with van der Waals surface area (Å²) < 4.78 is 24.2. The molecule has 1 aromatic carbocycles. The van der Waals surface area contributed by atoms with Gasteiger partial charge in [0.05, 0.1) is 24.1 Å². The third kappa shape index (κ3) is 4.54. The summed E-state index contributed by atoms with van der Waals surface area (Å²) in [7, 11) is -3.09. The van der Waals surface area contributed by atoms with Gasteiger partial charge in [0.15, 0.2) is 9.84 Å². The summed E-state index contributed by atoms with van der Waals surface area (Å²) in [6.07, 6.45) is 6.14. The number of amides is 2. The Morgan fingerprint density at radius 1 is 1.03 bits per heavy atom. The van der Waals surface area contributed by atoms with Gasteiger partial charge in [-0.05, 0) is 36.8 Å². The van der Waals surface area contributed by atoms with Gasteiger partial charge in [0.25, 0.3) is 0 Å². The highest BCUT2D eigenvalue weighted by molar-refractivity contribution is 7.91. The molecule has 2 aliphatic heterocycles. The molecule has 8 heteroatoms. The van der Waals surface area contributed by atoms with E-state index in [1.54, 1.807) is 0 Å². The van der Waals surface area contributed by atoms with Gasteiger partial charge in [-0.2, -0.15) is 0 Å². The van der Waals surface area contributed by atoms with Crippen LogP contribution >= 0.6 is 0 Å². The largest absolute Gasteiger partial charge is 0.368 e. The molecule has 30 heavy (non-hydrogen) atoms. The standard InChI is InChI=1S/C22H31N3O4S/c23-22(27)20-12-16-6-4-5-7-17(16)13-24(20)14-21(26)25(18-8-2-1-3-9-18)19-10-11-30(28,29)15-19/h4-7,18-20H,1-3,8-15H2,(H2,23,27)/t19-,20+/m1/s1. The predicted octanol–water partition coefficient (Wildman–Crippen LogP) is 1.25. The van der Waals surface area contributed by atoms with Crippen molar-refractivity contribution in [1.29, 1.82) is 0 Å². The fraction of sp³-hybridized carbons (Fsp3) is 0.636. The van der Waals surface area contributed by atoms with Gasteiger partial charge in [0.1, 0.15) is 0 Å². The van der Waals surface area contributed by atoms with Crippen LogP contribution in [0.2, 0.25) is 0 Å². The maximum absolute atomic E-state index is 13.5. The molecule has 1 aliphatic carbocycles. The number of sulfone groups is 1. The Morgan fingerprint density at radius 2 is 1.73 bits per heavy atom. The molecule has 3 aliphatic rings. The number of nitrogens with two attached hydrogens (primary N) is 1. The third-order valence-corrected chi connectivity index (χ3v) is 8.62. The van der Waals surface area contributed by atoms with E-state index in [4.69, 9.17) is 5.73 Å². The van der Waals surface area contributed by atoms with Crippen LogP contribution in [0.25, 0.3) is 0 Å². The highest BCUT2D eigenvalue weighted by Gasteiger charge is 2.40. The molecule has 0 unspecified atom stereocenters. The van der Waals surface area contributed by atoms with Crippen molar-refractivity contribution in [2.75, 3.05) is 18.1 Å². The highest BCUT2D eigenvalue weighted by Crippen LogP contribution is 2.30. The molecule has 0 radical (unpaired) electrons. The molecule has 164 valence electrons. The first-order valence-corrected chi connectivity index (χ1v) is 12.8. The van der Waals surface area contributed by atoms with Gasteiger partial charge in [0, 0.05) is 18.6 Å². The van der Waals surface area contributed by atoms with E-state index in [-0.39, 0.29) is 36.0 Å². The second kappa shape index (κ2) is 8.67. The molecule has 1 aromatic rings.